The number of likely N-dealkylation sites (tertiary alicyclic amines) is 1. The van der Waals surface area contributed by atoms with Crippen LogP contribution in [0.2, 0.25) is 0 Å². The van der Waals surface area contributed by atoms with E-state index in [4.69, 9.17) is 4.74 Å². The van der Waals surface area contributed by atoms with Gasteiger partial charge >= 0.3 is 5.97 Å². The molecule has 0 aliphatic carbocycles. The zero-order valence-corrected chi connectivity index (χ0v) is 12.8. The molecule has 3 atom stereocenters. The second-order valence-electron chi connectivity index (χ2n) is 6.16. The number of ether oxygens (including phenoxy) is 1. The molecule has 1 aromatic rings. The van der Waals surface area contributed by atoms with Crippen LogP contribution < -0.4 is 0 Å². The Kier molecular flexibility index (Phi) is 4.61. The van der Waals surface area contributed by atoms with Gasteiger partial charge in [-0.05, 0) is 37.0 Å². The van der Waals surface area contributed by atoms with Gasteiger partial charge in [-0.3, -0.25) is 9.59 Å². The van der Waals surface area contributed by atoms with Gasteiger partial charge < -0.3 is 14.7 Å². The summed E-state index contributed by atoms with van der Waals surface area (Å²) in [5, 5.41) is 9.54. The highest BCUT2D eigenvalue weighted by Gasteiger charge is 2.41. The molecule has 124 valence electrons. The van der Waals surface area contributed by atoms with Crippen molar-refractivity contribution in [1.29, 1.82) is 0 Å². The summed E-state index contributed by atoms with van der Waals surface area (Å²) in [5.41, 5.74) is 0.531. The van der Waals surface area contributed by atoms with Crippen LogP contribution in [-0.2, 0) is 14.3 Å². The average Bonchev–Trinajstić information content (AvgIpc) is 3.02. The van der Waals surface area contributed by atoms with Gasteiger partial charge in [0, 0.05) is 19.6 Å². The van der Waals surface area contributed by atoms with Crippen molar-refractivity contribution >= 4 is 11.9 Å². The van der Waals surface area contributed by atoms with Gasteiger partial charge in [0.25, 0.3) is 0 Å². The number of hydrogen-bond donors (Lipinski definition) is 1. The van der Waals surface area contributed by atoms with E-state index >= 15 is 0 Å². The number of aliphatic carboxylic acids is 1. The largest absolute Gasteiger partial charge is 0.481 e. The molecule has 2 fully saturated rings. The summed E-state index contributed by atoms with van der Waals surface area (Å²) >= 11 is 0. The Labute approximate surface area is 134 Å². The van der Waals surface area contributed by atoms with Crippen LogP contribution in [0.4, 0.5) is 4.39 Å². The van der Waals surface area contributed by atoms with Crippen LogP contribution in [0.15, 0.2) is 24.3 Å². The molecule has 0 bridgehead atoms. The van der Waals surface area contributed by atoms with Gasteiger partial charge in [-0.25, -0.2) is 4.39 Å². The molecule has 2 saturated heterocycles. The van der Waals surface area contributed by atoms with Crippen molar-refractivity contribution in [2.75, 3.05) is 13.2 Å². The Bertz CT molecular complexity index is 600. The molecule has 6 heteroatoms. The predicted molar refractivity (Wildman–Crippen MR) is 80.2 cm³/mol. The van der Waals surface area contributed by atoms with Crippen molar-refractivity contribution in [1.82, 2.24) is 4.90 Å². The Morgan fingerprint density at radius 2 is 2.22 bits per heavy atom. The zero-order chi connectivity index (χ0) is 16.4. The van der Waals surface area contributed by atoms with Crippen molar-refractivity contribution in [2.45, 2.75) is 37.8 Å². The van der Waals surface area contributed by atoms with E-state index in [0.29, 0.717) is 18.7 Å². The Morgan fingerprint density at radius 3 is 2.87 bits per heavy atom. The second kappa shape index (κ2) is 6.66. The number of carboxylic acid groups (broad SMARTS) is 1. The van der Waals surface area contributed by atoms with Gasteiger partial charge in [0.2, 0.25) is 5.91 Å². The molecular weight excluding hydrogens is 301 g/mol. The van der Waals surface area contributed by atoms with Crippen molar-refractivity contribution < 1.29 is 23.8 Å². The molecule has 0 spiro atoms. The molecule has 2 aliphatic rings. The number of carboxylic acids is 1. The summed E-state index contributed by atoms with van der Waals surface area (Å²) in [6, 6.07) is 5.22. The molecular formula is C17H20FNO4. The maximum Gasteiger partial charge on any atom is 0.308 e. The van der Waals surface area contributed by atoms with E-state index < -0.39 is 23.7 Å². The summed E-state index contributed by atoms with van der Waals surface area (Å²) in [4.78, 5) is 25.6. The number of benzene rings is 1. The first kappa shape index (κ1) is 15.9. The van der Waals surface area contributed by atoms with Gasteiger partial charge in [-0.1, -0.05) is 12.1 Å². The molecule has 0 aromatic heterocycles. The number of rotatable bonds is 4. The molecule has 3 rings (SSSR count). The number of amides is 1. The fourth-order valence-corrected chi connectivity index (χ4v) is 3.54. The average molecular weight is 321 g/mol. The normalized spacial score (nSPS) is 28.1. The first-order chi connectivity index (χ1) is 11.1. The summed E-state index contributed by atoms with van der Waals surface area (Å²) in [6.07, 6.45) is 2.21. The standard InChI is InChI=1S/C17H20FNO4/c18-12-4-1-3-11(9-12)16-14(17(21)22)6-7-15(20)19(16)10-13-5-2-8-23-13/h1,3-4,9,13-14,16H,2,5-8,10H2,(H,21,22)/t13-,14+,16-/m0/s1. The molecule has 1 N–H and O–H groups in total. The summed E-state index contributed by atoms with van der Waals surface area (Å²) in [7, 11) is 0. The van der Waals surface area contributed by atoms with Crippen molar-refractivity contribution in [3.8, 4) is 0 Å². The van der Waals surface area contributed by atoms with Crippen LogP contribution in [0.5, 0.6) is 0 Å². The second-order valence-corrected chi connectivity index (χ2v) is 6.16. The van der Waals surface area contributed by atoms with E-state index in [1.54, 1.807) is 17.0 Å². The quantitative estimate of drug-likeness (QED) is 0.924. The van der Waals surface area contributed by atoms with Crippen molar-refractivity contribution in [3.05, 3.63) is 35.6 Å². The van der Waals surface area contributed by atoms with E-state index in [2.05, 4.69) is 0 Å². The molecule has 23 heavy (non-hydrogen) atoms. The molecule has 1 aromatic carbocycles. The number of hydrogen-bond acceptors (Lipinski definition) is 3. The van der Waals surface area contributed by atoms with Crippen LogP contribution in [0.1, 0.15) is 37.3 Å². The maximum atomic E-state index is 13.6. The highest BCUT2D eigenvalue weighted by Crippen LogP contribution is 2.37. The van der Waals surface area contributed by atoms with Gasteiger partial charge in [-0.15, -0.1) is 0 Å². The molecule has 5 nitrogen and oxygen atoms in total. The van der Waals surface area contributed by atoms with Crippen LogP contribution >= 0.6 is 0 Å². The Hall–Kier alpha value is -1.95. The van der Waals surface area contributed by atoms with Crippen molar-refractivity contribution in [2.24, 2.45) is 5.92 Å². The highest BCUT2D eigenvalue weighted by atomic mass is 19.1. The third kappa shape index (κ3) is 3.37. The Morgan fingerprint density at radius 1 is 1.39 bits per heavy atom. The number of piperidine rings is 1. The minimum atomic E-state index is -0.955. The van der Waals surface area contributed by atoms with Crippen LogP contribution in [0.25, 0.3) is 0 Å². The van der Waals surface area contributed by atoms with Gasteiger partial charge in [0.05, 0.1) is 18.1 Å². The molecule has 0 saturated carbocycles. The first-order valence-electron chi connectivity index (χ1n) is 7.95. The van der Waals surface area contributed by atoms with Crippen molar-refractivity contribution in [3.63, 3.8) is 0 Å². The van der Waals surface area contributed by atoms with E-state index in [-0.39, 0.29) is 24.9 Å². The summed E-state index contributed by atoms with van der Waals surface area (Å²) in [5.74, 6) is -2.20. The lowest BCUT2D eigenvalue weighted by molar-refractivity contribution is -0.153. The number of carbonyl (C=O) groups is 2. The molecule has 0 radical (unpaired) electrons. The Balaban J connectivity index is 1.93. The molecule has 1 amide bonds. The fraction of sp³-hybridized carbons (Fsp3) is 0.529. The highest BCUT2D eigenvalue weighted by molar-refractivity contribution is 5.81. The van der Waals surface area contributed by atoms with E-state index in [9.17, 15) is 19.1 Å². The lowest BCUT2D eigenvalue weighted by Crippen LogP contribution is -2.48. The van der Waals surface area contributed by atoms with Gasteiger partial charge in [-0.2, -0.15) is 0 Å². The van der Waals surface area contributed by atoms with Crippen LogP contribution in [0, 0.1) is 11.7 Å². The van der Waals surface area contributed by atoms with Crippen LogP contribution in [0.3, 0.4) is 0 Å². The molecule has 2 aliphatic heterocycles. The van der Waals surface area contributed by atoms with E-state index in [1.807, 2.05) is 0 Å². The SMILES string of the molecule is O=C(O)[C@@H]1CCC(=O)N(C[C@@H]2CCCO2)[C@H]1c1cccc(F)c1. The minimum absolute atomic E-state index is 0.0671. The van der Waals surface area contributed by atoms with Gasteiger partial charge in [0.15, 0.2) is 0 Å². The summed E-state index contributed by atoms with van der Waals surface area (Å²) < 4.78 is 19.2. The lowest BCUT2D eigenvalue weighted by atomic mass is 9.84. The van der Waals surface area contributed by atoms with Gasteiger partial charge in [0.1, 0.15) is 5.82 Å². The molecule has 0 unspecified atom stereocenters. The number of halogens is 1. The topological polar surface area (TPSA) is 66.8 Å². The fourth-order valence-electron chi connectivity index (χ4n) is 3.54. The third-order valence-corrected chi connectivity index (χ3v) is 4.64. The zero-order valence-electron chi connectivity index (χ0n) is 12.8. The number of carbonyl (C=O) groups excluding carboxylic acids is 1. The smallest absolute Gasteiger partial charge is 0.308 e. The predicted octanol–water partition coefficient (Wildman–Crippen LogP) is 2.37. The summed E-state index contributed by atoms with van der Waals surface area (Å²) in [6.45, 7) is 1.03. The molecule has 2 heterocycles. The monoisotopic (exact) mass is 321 g/mol. The van der Waals surface area contributed by atoms with Crippen LogP contribution in [-0.4, -0.2) is 41.1 Å². The van der Waals surface area contributed by atoms with E-state index in [0.717, 1.165) is 12.8 Å². The minimum Gasteiger partial charge on any atom is -0.481 e. The maximum absolute atomic E-state index is 13.6. The number of nitrogens with zero attached hydrogens (tertiary/aromatic N) is 1. The first-order valence-corrected chi connectivity index (χ1v) is 7.95. The lowest BCUT2D eigenvalue weighted by Gasteiger charge is -2.40. The third-order valence-electron chi connectivity index (χ3n) is 4.64. The van der Waals surface area contributed by atoms with E-state index in [1.165, 1.54) is 12.1 Å².